The number of hydrogen-bond acceptors (Lipinski definition) is 3. The molecular formula is C13H9F2N3O2. The van der Waals surface area contributed by atoms with Crippen LogP contribution in [-0.2, 0) is 0 Å². The van der Waals surface area contributed by atoms with Gasteiger partial charge in [-0.3, -0.25) is 19.6 Å². The van der Waals surface area contributed by atoms with E-state index in [1.807, 2.05) is 0 Å². The van der Waals surface area contributed by atoms with Crippen molar-refractivity contribution in [3.63, 3.8) is 0 Å². The number of nitrogens with one attached hydrogen (secondary N) is 1. The maximum atomic E-state index is 13.2. The van der Waals surface area contributed by atoms with Crippen LogP contribution in [-0.4, -0.2) is 26.9 Å². The van der Waals surface area contributed by atoms with E-state index in [-0.39, 0.29) is 11.1 Å². The molecule has 1 aliphatic heterocycles. The Balaban J connectivity index is 2.05. The SMILES string of the molecule is CC(c1cn[nH]c1)N1C(=O)c2cc(F)c(F)cc2C1=O. The quantitative estimate of drug-likeness (QED) is 0.854. The molecule has 1 N–H and O–H groups in total. The highest BCUT2D eigenvalue weighted by Crippen LogP contribution is 2.31. The largest absolute Gasteiger partial charge is 0.285 e. The maximum absolute atomic E-state index is 13.2. The van der Waals surface area contributed by atoms with Crippen LogP contribution in [0.2, 0.25) is 0 Å². The summed E-state index contributed by atoms with van der Waals surface area (Å²) in [5.74, 6) is -3.58. The number of carbonyl (C=O) groups is 2. The van der Waals surface area contributed by atoms with E-state index in [4.69, 9.17) is 0 Å². The molecule has 1 aromatic carbocycles. The van der Waals surface area contributed by atoms with Crippen molar-refractivity contribution in [2.45, 2.75) is 13.0 Å². The Morgan fingerprint density at radius 1 is 1.15 bits per heavy atom. The number of halogens is 2. The summed E-state index contributed by atoms with van der Waals surface area (Å²) < 4.78 is 26.4. The topological polar surface area (TPSA) is 66.1 Å². The number of amides is 2. The number of aromatic amines is 1. The molecule has 0 spiro atoms. The molecule has 0 bridgehead atoms. The van der Waals surface area contributed by atoms with Gasteiger partial charge in [0, 0.05) is 11.8 Å². The molecule has 1 aromatic heterocycles. The standard InChI is InChI=1S/C13H9F2N3O2/c1-6(7-4-16-17-5-7)18-12(19)8-2-10(14)11(15)3-9(8)13(18)20/h2-6H,1H3,(H,16,17). The van der Waals surface area contributed by atoms with Gasteiger partial charge in [0.25, 0.3) is 11.8 Å². The number of fused-ring (bicyclic) bond motifs is 1. The van der Waals surface area contributed by atoms with Gasteiger partial charge in [-0.05, 0) is 19.1 Å². The third-order valence-electron chi connectivity index (χ3n) is 3.35. The summed E-state index contributed by atoms with van der Waals surface area (Å²) in [5.41, 5.74) is 0.383. The van der Waals surface area contributed by atoms with Crippen LogP contribution in [0.25, 0.3) is 0 Å². The summed E-state index contributed by atoms with van der Waals surface area (Å²) in [6, 6.07) is 0.937. The number of imide groups is 1. The minimum atomic E-state index is -1.15. The van der Waals surface area contributed by atoms with Gasteiger partial charge in [-0.1, -0.05) is 0 Å². The van der Waals surface area contributed by atoms with Gasteiger partial charge in [-0.2, -0.15) is 5.10 Å². The molecule has 2 heterocycles. The maximum Gasteiger partial charge on any atom is 0.262 e. The molecule has 0 radical (unpaired) electrons. The second-order valence-electron chi connectivity index (χ2n) is 4.50. The first-order chi connectivity index (χ1) is 9.50. The molecular weight excluding hydrogens is 268 g/mol. The molecule has 0 fully saturated rings. The number of hydrogen-bond donors (Lipinski definition) is 1. The predicted molar refractivity (Wildman–Crippen MR) is 63.9 cm³/mol. The Hall–Kier alpha value is -2.57. The van der Waals surface area contributed by atoms with Crippen molar-refractivity contribution < 1.29 is 18.4 Å². The fourth-order valence-electron chi connectivity index (χ4n) is 2.24. The molecule has 2 aromatic rings. The molecule has 2 amide bonds. The zero-order valence-corrected chi connectivity index (χ0v) is 10.4. The van der Waals surface area contributed by atoms with Crippen LogP contribution in [0, 0.1) is 11.6 Å². The summed E-state index contributed by atoms with van der Waals surface area (Å²) in [4.78, 5) is 25.4. The fraction of sp³-hybridized carbons (Fsp3) is 0.154. The second kappa shape index (κ2) is 4.22. The first-order valence-corrected chi connectivity index (χ1v) is 5.86. The molecule has 1 aliphatic rings. The van der Waals surface area contributed by atoms with E-state index in [1.165, 1.54) is 6.20 Å². The van der Waals surface area contributed by atoms with Gasteiger partial charge >= 0.3 is 0 Å². The molecule has 7 heteroatoms. The van der Waals surface area contributed by atoms with Crippen molar-refractivity contribution >= 4 is 11.8 Å². The molecule has 102 valence electrons. The van der Waals surface area contributed by atoms with Crippen molar-refractivity contribution in [2.75, 3.05) is 0 Å². The lowest BCUT2D eigenvalue weighted by Gasteiger charge is -2.21. The number of carbonyl (C=O) groups excluding carboxylic acids is 2. The lowest BCUT2D eigenvalue weighted by molar-refractivity contribution is 0.0595. The second-order valence-corrected chi connectivity index (χ2v) is 4.50. The molecule has 0 aliphatic carbocycles. The van der Waals surface area contributed by atoms with E-state index in [0.717, 1.165) is 17.0 Å². The molecule has 5 nitrogen and oxygen atoms in total. The average molecular weight is 277 g/mol. The van der Waals surface area contributed by atoms with Gasteiger partial charge in [0.05, 0.1) is 23.4 Å². The summed E-state index contributed by atoms with van der Waals surface area (Å²) in [7, 11) is 0. The van der Waals surface area contributed by atoms with Crippen molar-refractivity contribution in [2.24, 2.45) is 0 Å². The Kier molecular flexibility index (Phi) is 2.63. The molecule has 1 unspecified atom stereocenters. The summed E-state index contributed by atoms with van der Waals surface area (Å²) in [6.07, 6.45) is 3.03. The zero-order chi connectivity index (χ0) is 14.4. The molecule has 20 heavy (non-hydrogen) atoms. The molecule has 0 saturated carbocycles. The van der Waals surface area contributed by atoms with Gasteiger partial charge in [0.15, 0.2) is 11.6 Å². The third-order valence-corrected chi connectivity index (χ3v) is 3.35. The van der Waals surface area contributed by atoms with Crippen LogP contribution in [0.3, 0.4) is 0 Å². The Morgan fingerprint density at radius 3 is 2.15 bits per heavy atom. The highest BCUT2D eigenvalue weighted by molar-refractivity contribution is 6.21. The minimum absolute atomic E-state index is 0.121. The summed E-state index contributed by atoms with van der Waals surface area (Å²) in [5, 5.41) is 6.33. The highest BCUT2D eigenvalue weighted by atomic mass is 19.2. The number of H-pyrrole nitrogens is 1. The van der Waals surface area contributed by atoms with E-state index in [1.54, 1.807) is 13.1 Å². The zero-order valence-electron chi connectivity index (χ0n) is 10.4. The van der Waals surface area contributed by atoms with Gasteiger partial charge in [-0.15, -0.1) is 0 Å². The number of nitrogens with zero attached hydrogens (tertiary/aromatic N) is 2. The van der Waals surface area contributed by atoms with Crippen molar-refractivity contribution in [3.8, 4) is 0 Å². The van der Waals surface area contributed by atoms with Gasteiger partial charge in [0.2, 0.25) is 0 Å². The highest BCUT2D eigenvalue weighted by Gasteiger charge is 2.40. The first kappa shape index (κ1) is 12.5. The van der Waals surface area contributed by atoms with E-state index < -0.39 is 29.5 Å². The minimum Gasteiger partial charge on any atom is -0.285 e. The van der Waals surface area contributed by atoms with Crippen molar-refractivity contribution in [1.29, 1.82) is 0 Å². The molecule has 1 atom stereocenters. The number of rotatable bonds is 2. The van der Waals surface area contributed by atoms with Crippen LogP contribution in [0.5, 0.6) is 0 Å². The normalized spacial score (nSPS) is 15.7. The monoisotopic (exact) mass is 277 g/mol. The van der Waals surface area contributed by atoms with Crippen LogP contribution in [0.15, 0.2) is 24.5 Å². The fourth-order valence-corrected chi connectivity index (χ4v) is 2.24. The van der Waals surface area contributed by atoms with Crippen LogP contribution < -0.4 is 0 Å². The predicted octanol–water partition coefficient (Wildman–Crippen LogP) is 2.05. The smallest absolute Gasteiger partial charge is 0.262 e. The Labute approximate surface area is 112 Å². The van der Waals surface area contributed by atoms with Gasteiger partial charge < -0.3 is 0 Å². The Bertz CT molecular complexity index is 672. The van der Waals surface area contributed by atoms with E-state index in [2.05, 4.69) is 10.2 Å². The van der Waals surface area contributed by atoms with E-state index in [9.17, 15) is 18.4 Å². The number of benzene rings is 1. The van der Waals surface area contributed by atoms with Crippen LogP contribution in [0.1, 0.15) is 39.2 Å². The Morgan fingerprint density at radius 2 is 1.70 bits per heavy atom. The summed E-state index contributed by atoms with van der Waals surface area (Å²) >= 11 is 0. The van der Waals surface area contributed by atoms with Crippen molar-refractivity contribution in [3.05, 3.63) is 52.9 Å². The van der Waals surface area contributed by atoms with E-state index >= 15 is 0 Å². The lowest BCUT2D eigenvalue weighted by Crippen LogP contribution is -2.32. The molecule has 3 rings (SSSR count). The molecule has 0 saturated heterocycles. The lowest BCUT2D eigenvalue weighted by atomic mass is 10.1. The van der Waals surface area contributed by atoms with Gasteiger partial charge in [-0.25, -0.2) is 8.78 Å². The van der Waals surface area contributed by atoms with Crippen LogP contribution >= 0.6 is 0 Å². The average Bonchev–Trinajstić information content (AvgIpc) is 3.01. The summed E-state index contributed by atoms with van der Waals surface area (Å²) in [6.45, 7) is 1.64. The van der Waals surface area contributed by atoms with Crippen molar-refractivity contribution in [1.82, 2.24) is 15.1 Å². The van der Waals surface area contributed by atoms with E-state index in [0.29, 0.717) is 5.56 Å². The van der Waals surface area contributed by atoms with Crippen LogP contribution in [0.4, 0.5) is 8.78 Å². The third kappa shape index (κ3) is 1.63. The first-order valence-electron chi connectivity index (χ1n) is 5.86. The van der Waals surface area contributed by atoms with Gasteiger partial charge in [0.1, 0.15) is 0 Å². The number of aromatic nitrogens is 2.